The van der Waals surface area contributed by atoms with E-state index in [2.05, 4.69) is 37.2 Å². The number of hydrogen-bond acceptors (Lipinski definition) is 7. The topological polar surface area (TPSA) is 119 Å². The van der Waals surface area contributed by atoms with Gasteiger partial charge in [-0.25, -0.2) is 0 Å². The lowest BCUT2D eigenvalue weighted by molar-refractivity contribution is -0.385. The van der Waals surface area contributed by atoms with Crippen molar-refractivity contribution >= 4 is 72.8 Å². The van der Waals surface area contributed by atoms with E-state index < -0.39 is 23.4 Å². The van der Waals surface area contributed by atoms with Crippen LogP contribution in [0.15, 0.2) is 21.1 Å². The molecule has 25 heavy (non-hydrogen) atoms. The summed E-state index contributed by atoms with van der Waals surface area (Å²) in [6, 6.07) is 2.48. The maximum absolute atomic E-state index is 11.9. The highest BCUT2D eigenvalue weighted by atomic mass is 79.9. The van der Waals surface area contributed by atoms with Crippen LogP contribution in [0.1, 0.15) is 0 Å². The largest absolute Gasteiger partial charge is 0.454 e. The van der Waals surface area contributed by atoms with Crippen molar-refractivity contribution in [3.05, 3.63) is 31.2 Å². The number of nitro benzene ring substituents is 1. The van der Waals surface area contributed by atoms with Gasteiger partial charge in [0.2, 0.25) is 5.91 Å². The quantitative estimate of drug-likeness (QED) is 0.364. The number of nitro groups is 1. The molecule has 1 fully saturated rings. The van der Waals surface area contributed by atoms with E-state index in [9.17, 15) is 24.5 Å². The summed E-state index contributed by atoms with van der Waals surface area (Å²) in [6.07, 6.45) is 0. The molecule has 1 aromatic carbocycles. The van der Waals surface area contributed by atoms with Crippen LogP contribution in [0, 0.1) is 10.1 Å². The second-order valence-electron chi connectivity index (χ2n) is 4.82. The molecule has 0 aromatic heterocycles. The van der Waals surface area contributed by atoms with E-state index in [1.807, 2.05) is 0 Å². The maximum Gasteiger partial charge on any atom is 0.326 e. The molecule has 2 amide bonds. The molecule has 0 atom stereocenters. The summed E-state index contributed by atoms with van der Waals surface area (Å²) in [5.74, 6) is -0.706. The SMILES string of the molecule is O=C(COC(=O)CN1CSCC1=O)Nc1c(Br)cc([N+](=O)[O-])cc1Br. The summed E-state index contributed by atoms with van der Waals surface area (Å²) in [7, 11) is 0. The number of benzene rings is 1. The van der Waals surface area contributed by atoms with Gasteiger partial charge in [0.25, 0.3) is 11.6 Å². The zero-order valence-corrected chi connectivity index (χ0v) is 16.5. The van der Waals surface area contributed by atoms with Crippen molar-refractivity contribution in [3.63, 3.8) is 0 Å². The maximum atomic E-state index is 11.9. The third kappa shape index (κ3) is 5.41. The average molecular weight is 497 g/mol. The fourth-order valence-corrected chi connectivity index (χ4v) is 4.11. The molecule has 1 aliphatic rings. The number of nitrogens with one attached hydrogen (secondary N) is 1. The van der Waals surface area contributed by atoms with E-state index in [0.29, 0.717) is 20.6 Å². The first-order chi connectivity index (χ1) is 11.8. The summed E-state index contributed by atoms with van der Waals surface area (Å²) in [5, 5.41) is 13.3. The Labute approximate surface area is 162 Å². The van der Waals surface area contributed by atoms with E-state index in [-0.39, 0.29) is 23.8 Å². The van der Waals surface area contributed by atoms with Crippen molar-refractivity contribution < 1.29 is 24.0 Å². The van der Waals surface area contributed by atoms with Crippen LogP contribution in [0.2, 0.25) is 0 Å². The molecule has 2 rings (SSSR count). The number of halogens is 2. The van der Waals surface area contributed by atoms with Crippen LogP contribution in [-0.4, -0.2) is 52.4 Å². The van der Waals surface area contributed by atoms with Gasteiger partial charge in [-0.2, -0.15) is 0 Å². The minimum Gasteiger partial charge on any atom is -0.454 e. The Hall–Kier alpha value is -1.66. The molecule has 0 bridgehead atoms. The van der Waals surface area contributed by atoms with E-state index in [4.69, 9.17) is 4.74 Å². The number of nitrogens with zero attached hydrogens (tertiary/aromatic N) is 2. The lowest BCUT2D eigenvalue weighted by Gasteiger charge is -2.14. The van der Waals surface area contributed by atoms with Crippen LogP contribution < -0.4 is 5.32 Å². The van der Waals surface area contributed by atoms with Gasteiger partial charge in [0.05, 0.1) is 22.2 Å². The van der Waals surface area contributed by atoms with Crippen molar-refractivity contribution in [2.75, 3.05) is 30.1 Å². The molecule has 1 heterocycles. The molecule has 1 aromatic rings. The van der Waals surface area contributed by atoms with Crippen LogP contribution >= 0.6 is 43.6 Å². The highest BCUT2D eigenvalue weighted by molar-refractivity contribution is 9.11. The number of ether oxygens (including phenoxy) is 1. The molecule has 9 nitrogen and oxygen atoms in total. The number of non-ortho nitro benzene ring substituents is 1. The molecule has 0 radical (unpaired) electrons. The second-order valence-corrected chi connectivity index (χ2v) is 7.48. The van der Waals surface area contributed by atoms with E-state index in [1.54, 1.807) is 0 Å². The third-order valence-corrected chi connectivity index (χ3v) is 5.21. The summed E-state index contributed by atoms with van der Waals surface area (Å²) in [6.45, 7) is -0.742. The molecule has 0 saturated carbocycles. The lowest BCUT2D eigenvalue weighted by Crippen LogP contribution is -2.33. The zero-order valence-electron chi connectivity index (χ0n) is 12.5. The molecule has 1 aliphatic heterocycles. The standard InChI is InChI=1S/C13H11Br2N3O6S/c14-8-1-7(18(22)23)2-9(15)13(8)16-10(19)4-24-12(21)3-17-6-25-5-11(17)20/h1-2H,3-6H2,(H,16,19). The summed E-state index contributed by atoms with van der Waals surface area (Å²) in [5.41, 5.74) is 0.120. The van der Waals surface area contributed by atoms with Crippen molar-refractivity contribution in [1.82, 2.24) is 4.90 Å². The minimum atomic E-state index is -0.687. The monoisotopic (exact) mass is 495 g/mol. The van der Waals surface area contributed by atoms with Gasteiger partial charge in [0, 0.05) is 21.1 Å². The highest BCUT2D eigenvalue weighted by Crippen LogP contribution is 2.35. The molecule has 0 unspecified atom stereocenters. The van der Waals surface area contributed by atoms with Crippen molar-refractivity contribution in [1.29, 1.82) is 0 Å². The fourth-order valence-electron chi connectivity index (χ4n) is 1.85. The molecule has 134 valence electrons. The van der Waals surface area contributed by atoms with Crippen molar-refractivity contribution in [2.45, 2.75) is 0 Å². The Balaban J connectivity index is 1.89. The summed E-state index contributed by atoms with van der Waals surface area (Å²) in [4.78, 5) is 46.5. The average Bonchev–Trinajstić information content (AvgIpc) is 2.93. The summed E-state index contributed by atoms with van der Waals surface area (Å²) < 4.78 is 5.43. The molecule has 12 heteroatoms. The van der Waals surface area contributed by atoms with Gasteiger partial charge >= 0.3 is 5.97 Å². The first kappa shape index (κ1) is 19.7. The van der Waals surface area contributed by atoms with E-state index >= 15 is 0 Å². The Morgan fingerprint density at radius 1 is 1.36 bits per heavy atom. The predicted octanol–water partition coefficient (Wildman–Crippen LogP) is 2.13. The number of anilines is 1. The Kier molecular flexibility index (Phi) is 6.79. The molecule has 1 saturated heterocycles. The lowest BCUT2D eigenvalue weighted by atomic mass is 10.3. The number of esters is 1. The van der Waals surface area contributed by atoms with Crippen molar-refractivity contribution in [2.24, 2.45) is 0 Å². The van der Waals surface area contributed by atoms with Crippen LogP contribution in [-0.2, 0) is 19.1 Å². The third-order valence-electron chi connectivity index (χ3n) is 3.01. The predicted molar refractivity (Wildman–Crippen MR) is 97.1 cm³/mol. The number of hydrogen-bond donors (Lipinski definition) is 1. The zero-order chi connectivity index (χ0) is 18.6. The van der Waals surface area contributed by atoms with Gasteiger partial charge in [-0.15, -0.1) is 11.8 Å². The highest BCUT2D eigenvalue weighted by Gasteiger charge is 2.24. The van der Waals surface area contributed by atoms with Gasteiger partial charge < -0.3 is 15.0 Å². The number of rotatable bonds is 6. The number of carbonyl (C=O) groups is 3. The van der Waals surface area contributed by atoms with Crippen LogP contribution in [0.5, 0.6) is 0 Å². The van der Waals surface area contributed by atoms with Gasteiger partial charge in [-0.3, -0.25) is 24.5 Å². The van der Waals surface area contributed by atoms with Gasteiger partial charge in [-0.05, 0) is 31.9 Å². The molecular formula is C13H11Br2N3O6S. The fraction of sp³-hybridized carbons (Fsp3) is 0.308. The Morgan fingerprint density at radius 3 is 2.52 bits per heavy atom. The molecular weight excluding hydrogens is 486 g/mol. The molecule has 0 aliphatic carbocycles. The minimum absolute atomic E-state index is 0.148. The van der Waals surface area contributed by atoms with Gasteiger partial charge in [-0.1, -0.05) is 0 Å². The van der Waals surface area contributed by atoms with Crippen LogP contribution in [0.4, 0.5) is 11.4 Å². The van der Waals surface area contributed by atoms with Crippen molar-refractivity contribution in [3.8, 4) is 0 Å². The summed E-state index contributed by atoms with van der Waals surface area (Å²) >= 11 is 7.67. The Bertz CT molecular complexity index is 721. The second kappa shape index (κ2) is 8.63. The van der Waals surface area contributed by atoms with Gasteiger partial charge in [0.15, 0.2) is 6.61 Å². The van der Waals surface area contributed by atoms with Crippen LogP contribution in [0.3, 0.4) is 0 Å². The first-order valence-electron chi connectivity index (χ1n) is 6.72. The van der Waals surface area contributed by atoms with E-state index in [1.165, 1.54) is 28.8 Å². The number of thioether (sulfide) groups is 1. The smallest absolute Gasteiger partial charge is 0.326 e. The van der Waals surface area contributed by atoms with Gasteiger partial charge in [0.1, 0.15) is 6.54 Å². The number of carbonyl (C=O) groups excluding carboxylic acids is 3. The van der Waals surface area contributed by atoms with Crippen LogP contribution in [0.25, 0.3) is 0 Å². The van der Waals surface area contributed by atoms with E-state index in [0.717, 1.165) is 0 Å². The Morgan fingerprint density at radius 2 is 2.00 bits per heavy atom. The number of amides is 2. The normalized spacial score (nSPS) is 13.7. The molecule has 0 spiro atoms. The molecule has 1 N–H and O–H groups in total. The first-order valence-corrected chi connectivity index (χ1v) is 9.46.